The Morgan fingerprint density at radius 3 is 2.31 bits per heavy atom. The summed E-state index contributed by atoms with van der Waals surface area (Å²) < 4.78 is 0. The molecule has 1 saturated carbocycles. The van der Waals surface area contributed by atoms with Gasteiger partial charge in [0.2, 0.25) is 0 Å². The monoisotopic (exact) mass is 225 g/mol. The van der Waals surface area contributed by atoms with Crippen LogP contribution in [0.25, 0.3) is 0 Å². The lowest BCUT2D eigenvalue weighted by Gasteiger charge is -2.39. The van der Waals surface area contributed by atoms with Gasteiger partial charge in [-0.3, -0.25) is 0 Å². The van der Waals surface area contributed by atoms with Crippen molar-refractivity contribution in [3.63, 3.8) is 0 Å². The first-order chi connectivity index (χ1) is 7.59. The normalized spacial score (nSPS) is 32.6. The Hall–Kier alpha value is -0.0400. The van der Waals surface area contributed by atoms with E-state index in [1.54, 1.807) is 0 Å². The Morgan fingerprint density at radius 1 is 1.19 bits per heavy atom. The molecule has 1 nitrogen and oxygen atoms in total. The van der Waals surface area contributed by atoms with Crippen molar-refractivity contribution in [1.29, 1.82) is 0 Å². The number of rotatable bonds is 6. The van der Waals surface area contributed by atoms with Crippen LogP contribution in [0.3, 0.4) is 0 Å². The molecule has 0 aromatic heterocycles. The molecule has 1 fully saturated rings. The third-order valence-electron chi connectivity index (χ3n) is 4.33. The number of nitrogens with two attached hydrogens (primary N) is 1. The Morgan fingerprint density at radius 2 is 1.81 bits per heavy atom. The molecule has 1 aliphatic rings. The first-order valence-electron chi connectivity index (χ1n) is 7.38. The molecular weight excluding hydrogens is 194 g/mol. The molecule has 2 N–H and O–H groups in total. The van der Waals surface area contributed by atoms with Crippen LogP contribution in [0.4, 0.5) is 0 Å². The minimum atomic E-state index is 0.179. The molecule has 1 heteroatoms. The molecule has 0 amide bonds. The summed E-state index contributed by atoms with van der Waals surface area (Å²) >= 11 is 0. The Labute approximate surface area is 102 Å². The van der Waals surface area contributed by atoms with E-state index in [4.69, 9.17) is 5.73 Å². The van der Waals surface area contributed by atoms with Gasteiger partial charge in [-0.15, -0.1) is 0 Å². The maximum absolute atomic E-state index is 6.55. The van der Waals surface area contributed by atoms with Crippen LogP contribution in [-0.2, 0) is 0 Å². The molecule has 1 atom stereocenters. The van der Waals surface area contributed by atoms with Crippen LogP contribution in [0.2, 0.25) is 0 Å². The van der Waals surface area contributed by atoms with E-state index in [9.17, 15) is 0 Å². The lowest BCUT2D eigenvalue weighted by atomic mass is 9.72. The third-order valence-corrected chi connectivity index (χ3v) is 4.33. The smallest absolute Gasteiger partial charge is 0.0157 e. The van der Waals surface area contributed by atoms with Crippen molar-refractivity contribution in [2.75, 3.05) is 0 Å². The fraction of sp³-hybridized carbons (Fsp3) is 1.00. The fourth-order valence-corrected chi connectivity index (χ4v) is 3.44. The Balaban J connectivity index is 2.31. The maximum atomic E-state index is 6.55. The van der Waals surface area contributed by atoms with E-state index in [1.807, 2.05) is 0 Å². The van der Waals surface area contributed by atoms with E-state index >= 15 is 0 Å². The molecule has 0 aromatic carbocycles. The Kier molecular flexibility index (Phi) is 5.82. The van der Waals surface area contributed by atoms with Crippen LogP contribution in [-0.4, -0.2) is 5.54 Å². The summed E-state index contributed by atoms with van der Waals surface area (Å²) in [7, 11) is 0. The molecule has 0 aromatic rings. The molecule has 1 rings (SSSR count). The van der Waals surface area contributed by atoms with Gasteiger partial charge >= 0.3 is 0 Å². The van der Waals surface area contributed by atoms with Crippen LogP contribution in [0.15, 0.2) is 0 Å². The van der Waals surface area contributed by atoms with Crippen molar-refractivity contribution in [2.24, 2.45) is 17.6 Å². The molecule has 0 aliphatic heterocycles. The molecule has 0 bridgehead atoms. The molecular formula is C15H31N. The van der Waals surface area contributed by atoms with E-state index in [1.165, 1.54) is 57.8 Å². The maximum Gasteiger partial charge on any atom is 0.0157 e. The zero-order valence-corrected chi connectivity index (χ0v) is 11.6. The molecule has 0 heterocycles. The topological polar surface area (TPSA) is 26.0 Å². The molecule has 0 radical (unpaired) electrons. The summed E-state index contributed by atoms with van der Waals surface area (Å²) in [4.78, 5) is 0. The first-order valence-corrected chi connectivity index (χ1v) is 7.38. The van der Waals surface area contributed by atoms with Crippen molar-refractivity contribution >= 4 is 0 Å². The van der Waals surface area contributed by atoms with Gasteiger partial charge in [-0.25, -0.2) is 0 Å². The molecule has 1 aliphatic carbocycles. The second-order valence-corrected chi connectivity index (χ2v) is 6.19. The third kappa shape index (κ3) is 4.45. The van der Waals surface area contributed by atoms with Crippen molar-refractivity contribution in [1.82, 2.24) is 0 Å². The van der Waals surface area contributed by atoms with Crippen LogP contribution < -0.4 is 5.73 Å². The van der Waals surface area contributed by atoms with Crippen LogP contribution in [0.1, 0.15) is 78.6 Å². The highest BCUT2D eigenvalue weighted by molar-refractivity contribution is 4.90. The quantitative estimate of drug-likeness (QED) is 0.707. The predicted octanol–water partition coefficient (Wildman–Crippen LogP) is 4.50. The highest BCUT2D eigenvalue weighted by atomic mass is 14.7. The van der Waals surface area contributed by atoms with E-state index in [0.717, 1.165) is 11.8 Å². The lowest BCUT2D eigenvalue weighted by molar-refractivity contribution is 0.190. The fourth-order valence-electron chi connectivity index (χ4n) is 3.44. The van der Waals surface area contributed by atoms with E-state index in [0.29, 0.717) is 0 Å². The van der Waals surface area contributed by atoms with Gasteiger partial charge in [-0.1, -0.05) is 46.5 Å². The van der Waals surface area contributed by atoms with Crippen LogP contribution >= 0.6 is 0 Å². The van der Waals surface area contributed by atoms with Crippen molar-refractivity contribution < 1.29 is 0 Å². The minimum absolute atomic E-state index is 0.179. The second kappa shape index (κ2) is 6.64. The summed E-state index contributed by atoms with van der Waals surface area (Å²) in [5.74, 6) is 1.79. The summed E-state index contributed by atoms with van der Waals surface area (Å²) in [6.45, 7) is 6.95. The van der Waals surface area contributed by atoms with Gasteiger partial charge in [-0.05, 0) is 43.9 Å². The van der Waals surface area contributed by atoms with Crippen molar-refractivity contribution in [2.45, 2.75) is 84.1 Å². The van der Waals surface area contributed by atoms with Crippen LogP contribution in [0.5, 0.6) is 0 Å². The molecule has 0 saturated heterocycles. The summed E-state index contributed by atoms with van der Waals surface area (Å²) in [6.07, 6.45) is 12.0. The number of hydrogen-bond acceptors (Lipinski definition) is 1. The van der Waals surface area contributed by atoms with Gasteiger partial charge in [0.25, 0.3) is 0 Å². The second-order valence-electron chi connectivity index (χ2n) is 6.19. The predicted molar refractivity (Wildman–Crippen MR) is 72.5 cm³/mol. The van der Waals surface area contributed by atoms with Crippen molar-refractivity contribution in [3.05, 3.63) is 0 Å². The molecule has 0 spiro atoms. The largest absolute Gasteiger partial charge is 0.325 e. The van der Waals surface area contributed by atoms with E-state index < -0.39 is 0 Å². The average Bonchev–Trinajstić information content (AvgIpc) is 2.22. The van der Waals surface area contributed by atoms with Gasteiger partial charge in [0, 0.05) is 5.54 Å². The van der Waals surface area contributed by atoms with Crippen LogP contribution in [0, 0.1) is 11.8 Å². The standard InChI is InChI=1S/C15H31N/c1-4-6-13(3)12-15(16)10-8-14(7-5-2)9-11-15/h13-14H,4-12,16H2,1-3H3. The van der Waals surface area contributed by atoms with E-state index in [-0.39, 0.29) is 5.54 Å². The zero-order valence-electron chi connectivity index (χ0n) is 11.6. The zero-order chi connectivity index (χ0) is 12.0. The highest BCUT2D eigenvalue weighted by Gasteiger charge is 2.32. The summed E-state index contributed by atoms with van der Waals surface area (Å²) in [5.41, 5.74) is 6.73. The Bertz CT molecular complexity index is 180. The van der Waals surface area contributed by atoms with Gasteiger partial charge in [0.05, 0.1) is 0 Å². The average molecular weight is 225 g/mol. The summed E-state index contributed by atoms with van der Waals surface area (Å²) in [6, 6.07) is 0. The summed E-state index contributed by atoms with van der Waals surface area (Å²) in [5, 5.41) is 0. The SMILES string of the molecule is CCCC(C)CC1(N)CCC(CCC)CC1. The molecule has 1 unspecified atom stereocenters. The number of hydrogen-bond donors (Lipinski definition) is 1. The highest BCUT2D eigenvalue weighted by Crippen LogP contribution is 2.36. The van der Waals surface area contributed by atoms with Gasteiger partial charge in [-0.2, -0.15) is 0 Å². The molecule has 16 heavy (non-hydrogen) atoms. The first kappa shape index (κ1) is 14.0. The van der Waals surface area contributed by atoms with E-state index in [2.05, 4.69) is 20.8 Å². The van der Waals surface area contributed by atoms with Gasteiger partial charge in [0.1, 0.15) is 0 Å². The van der Waals surface area contributed by atoms with Gasteiger partial charge < -0.3 is 5.73 Å². The minimum Gasteiger partial charge on any atom is -0.325 e. The molecule has 96 valence electrons. The van der Waals surface area contributed by atoms with Crippen molar-refractivity contribution in [3.8, 4) is 0 Å². The van der Waals surface area contributed by atoms with Gasteiger partial charge in [0.15, 0.2) is 0 Å². The lowest BCUT2D eigenvalue weighted by Crippen LogP contribution is -2.44.